The van der Waals surface area contributed by atoms with Crippen molar-refractivity contribution in [1.82, 2.24) is 4.98 Å². The Morgan fingerprint density at radius 1 is 1.24 bits per heavy atom. The van der Waals surface area contributed by atoms with Crippen LogP contribution in [-0.2, 0) is 6.61 Å². The van der Waals surface area contributed by atoms with Gasteiger partial charge in [-0.05, 0) is 12.1 Å². The lowest BCUT2D eigenvalue weighted by Crippen LogP contribution is -1.99. The molecule has 1 aromatic carbocycles. The minimum atomic E-state index is -0.139. The van der Waals surface area contributed by atoms with E-state index in [1.807, 2.05) is 0 Å². The normalized spacial score (nSPS) is 10.5. The molecule has 0 fully saturated rings. The average molecular weight is 269 g/mol. The van der Waals surface area contributed by atoms with Crippen LogP contribution in [0.2, 0.25) is 10.0 Å². The Hall–Kier alpha value is -1.29. The third kappa shape index (κ3) is 2.22. The van der Waals surface area contributed by atoms with Crippen molar-refractivity contribution in [3.63, 3.8) is 0 Å². The van der Waals surface area contributed by atoms with E-state index in [4.69, 9.17) is 34.0 Å². The molecule has 0 aliphatic heterocycles. The molecule has 0 spiro atoms. The zero-order valence-electron chi connectivity index (χ0n) is 8.82. The maximum Gasteiger partial charge on any atom is 0.0950 e. The van der Waals surface area contributed by atoms with Crippen LogP contribution in [0.3, 0.4) is 0 Å². The van der Waals surface area contributed by atoms with E-state index in [0.29, 0.717) is 32.6 Å². The zero-order valence-corrected chi connectivity index (χ0v) is 10.3. The number of rotatable bonds is 2. The van der Waals surface area contributed by atoms with E-state index in [0.717, 1.165) is 0 Å². The first-order chi connectivity index (χ1) is 8.15. The van der Waals surface area contributed by atoms with Crippen LogP contribution in [0.15, 0.2) is 30.5 Å². The maximum absolute atomic E-state index is 9.15. The number of halogens is 2. The Balaban J connectivity index is 2.65. The first-order valence-electron chi connectivity index (χ1n) is 4.93. The quantitative estimate of drug-likeness (QED) is 0.880. The Labute approximate surface area is 109 Å². The molecule has 5 heteroatoms. The molecule has 0 aliphatic carbocycles. The molecule has 88 valence electrons. The lowest BCUT2D eigenvalue weighted by Gasteiger charge is -2.10. The van der Waals surface area contributed by atoms with Gasteiger partial charge in [-0.1, -0.05) is 35.3 Å². The van der Waals surface area contributed by atoms with Crippen LogP contribution < -0.4 is 5.73 Å². The first-order valence-corrected chi connectivity index (χ1v) is 5.69. The molecular formula is C12H10Cl2N2O. The fraction of sp³-hybridized carbons (Fsp3) is 0.0833. The highest BCUT2D eigenvalue weighted by molar-refractivity contribution is 6.43. The number of aliphatic hydroxyl groups is 1. The third-order valence-corrected chi connectivity index (χ3v) is 3.28. The molecule has 2 rings (SSSR count). The number of hydrogen-bond acceptors (Lipinski definition) is 3. The van der Waals surface area contributed by atoms with Crippen molar-refractivity contribution in [2.75, 3.05) is 5.73 Å². The summed E-state index contributed by atoms with van der Waals surface area (Å²) in [6, 6.07) is 6.92. The lowest BCUT2D eigenvalue weighted by molar-refractivity contribution is 0.282. The number of aliphatic hydroxyl groups excluding tert-OH is 1. The summed E-state index contributed by atoms with van der Waals surface area (Å²) in [7, 11) is 0. The Morgan fingerprint density at radius 3 is 2.71 bits per heavy atom. The number of hydrogen-bond donors (Lipinski definition) is 2. The van der Waals surface area contributed by atoms with Crippen molar-refractivity contribution >= 4 is 28.9 Å². The van der Waals surface area contributed by atoms with E-state index in [9.17, 15) is 0 Å². The SMILES string of the molecule is Nc1c(CO)ccnc1-c1cccc(Cl)c1Cl. The molecule has 3 nitrogen and oxygen atoms in total. The summed E-state index contributed by atoms with van der Waals surface area (Å²) in [6.07, 6.45) is 1.58. The second-order valence-corrected chi connectivity index (χ2v) is 4.28. The molecule has 0 saturated heterocycles. The molecule has 0 aliphatic rings. The number of pyridine rings is 1. The lowest BCUT2D eigenvalue weighted by atomic mass is 10.1. The van der Waals surface area contributed by atoms with Crippen LogP contribution in [0.25, 0.3) is 11.3 Å². The van der Waals surface area contributed by atoms with E-state index in [1.54, 1.807) is 30.5 Å². The molecule has 0 unspecified atom stereocenters. The minimum absolute atomic E-state index is 0.139. The van der Waals surface area contributed by atoms with E-state index >= 15 is 0 Å². The Kier molecular flexibility index (Phi) is 3.52. The van der Waals surface area contributed by atoms with E-state index in [-0.39, 0.29) is 6.61 Å². The van der Waals surface area contributed by atoms with Crippen LogP contribution in [0.1, 0.15) is 5.56 Å². The predicted molar refractivity (Wildman–Crippen MR) is 70.0 cm³/mol. The van der Waals surface area contributed by atoms with Crippen molar-refractivity contribution < 1.29 is 5.11 Å². The van der Waals surface area contributed by atoms with Crippen molar-refractivity contribution in [3.8, 4) is 11.3 Å². The summed E-state index contributed by atoms with van der Waals surface area (Å²) in [5, 5.41) is 10.00. The summed E-state index contributed by atoms with van der Waals surface area (Å²) in [4.78, 5) is 4.18. The van der Waals surface area contributed by atoms with Crippen molar-refractivity contribution in [3.05, 3.63) is 46.1 Å². The van der Waals surface area contributed by atoms with Gasteiger partial charge < -0.3 is 10.8 Å². The van der Waals surface area contributed by atoms with Crippen LogP contribution >= 0.6 is 23.2 Å². The van der Waals surface area contributed by atoms with Gasteiger partial charge in [0.05, 0.1) is 28.0 Å². The highest BCUT2D eigenvalue weighted by Crippen LogP contribution is 2.35. The summed E-state index contributed by atoms with van der Waals surface area (Å²) < 4.78 is 0. The van der Waals surface area contributed by atoms with E-state index in [2.05, 4.69) is 4.98 Å². The highest BCUT2D eigenvalue weighted by Gasteiger charge is 2.12. The van der Waals surface area contributed by atoms with Gasteiger partial charge in [0.15, 0.2) is 0 Å². The molecule has 2 aromatic rings. The monoisotopic (exact) mass is 268 g/mol. The Morgan fingerprint density at radius 2 is 2.00 bits per heavy atom. The average Bonchev–Trinajstić information content (AvgIpc) is 2.33. The summed E-state index contributed by atoms with van der Waals surface area (Å²) in [5.74, 6) is 0. The van der Waals surface area contributed by atoms with Gasteiger partial charge in [0.25, 0.3) is 0 Å². The van der Waals surface area contributed by atoms with Crippen LogP contribution in [0.5, 0.6) is 0 Å². The predicted octanol–water partition coefficient (Wildman–Crippen LogP) is 3.13. The maximum atomic E-state index is 9.15. The van der Waals surface area contributed by atoms with Gasteiger partial charge in [-0.2, -0.15) is 0 Å². The number of nitrogen functional groups attached to an aromatic ring is 1. The van der Waals surface area contributed by atoms with E-state index < -0.39 is 0 Å². The number of aromatic nitrogens is 1. The molecular weight excluding hydrogens is 259 g/mol. The molecule has 0 atom stereocenters. The van der Waals surface area contributed by atoms with Gasteiger partial charge >= 0.3 is 0 Å². The van der Waals surface area contributed by atoms with Crippen molar-refractivity contribution in [1.29, 1.82) is 0 Å². The standard InChI is InChI=1S/C12H10Cl2N2O/c13-9-3-1-2-8(10(9)14)12-11(15)7(6-17)4-5-16-12/h1-5,17H,6,15H2. The number of benzene rings is 1. The van der Waals surface area contributed by atoms with Crippen LogP contribution in [0, 0.1) is 0 Å². The van der Waals surface area contributed by atoms with Gasteiger partial charge in [-0.15, -0.1) is 0 Å². The third-order valence-electron chi connectivity index (χ3n) is 2.46. The fourth-order valence-corrected chi connectivity index (χ4v) is 1.94. The van der Waals surface area contributed by atoms with Crippen molar-refractivity contribution in [2.45, 2.75) is 6.61 Å². The van der Waals surface area contributed by atoms with Crippen molar-refractivity contribution in [2.24, 2.45) is 0 Å². The summed E-state index contributed by atoms with van der Waals surface area (Å²) >= 11 is 12.0. The van der Waals surface area contributed by atoms with Gasteiger partial charge in [-0.3, -0.25) is 4.98 Å². The molecule has 1 aromatic heterocycles. The van der Waals surface area contributed by atoms with Gasteiger partial charge in [0.1, 0.15) is 0 Å². The largest absolute Gasteiger partial charge is 0.397 e. The van der Waals surface area contributed by atoms with Gasteiger partial charge in [0.2, 0.25) is 0 Å². The zero-order chi connectivity index (χ0) is 12.4. The Bertz CT molecular complexity index is 558. The molecule has 3 N–H and O–H groups in total. The second kappa shape index (κ2) is 4.92. The van der Waals surface area contributed by atoms with Gasteiger partial charge in [-0.25, -0.2) is 0 Å². The number of nitrogens with zero attached hydrogens (tertiary/aromatic N) is 1. The smallest absolute Gasteiger partial charge is 0.0950 e. The minimum Gasteiger partial charge on any atom is -0.397 e. The van der Waals surface area contributed by atoms with Crippen LogP contribution in [-0.4, -0.2) is 10.1 Å². The molecule has 17 heavy (non-hydrogen) atoms. The fourth-order valence-electron chi connectivity index (χ4n) is 1.55. The topological polar surface area (TPSA) is 59.1 Å². The molecule has 0 radical (unpaired) electrons. The van der Waals surface area contributed by atoms with Crippen LogP contribution in [0.4, 0.5) is 5.69 Å². The molecule has 0 amide bonds. The van der Waals surface area contributed by atoms with Gasteiger partial charge in [0, 0.05) is 17.3 Å². The molecule has 1 heterocycles. The molecule has 0 bridgehead atoms. The second-order valence-electron chi connectivity index (χ2n) is 3.49. The molecule has 0 saturated carbocycles. The summed E-state index contributed by atoms with van der Waals surface area (Å²) in [6.45, 7) is -0.139. The number of anilines is 1. The number of nitrogens with two attached hydrogens (primary N) is 1. The highest BCUT2D eigenvalue weighted by atomic mass is 35.5. The first kappa shape index (κ1) is 12.2. The summed E-state index contributed by atoms with van der Waals surface area (Å²) in [5.41, 5.74) is 8.14. The van der Waals surface area contributed by atoms with E-state index in [1.165, 1.54) is 0 Å².